The van der Waals surface area contributed by atoms with Crippen LogP contribution in [0.3, 0.4) is 0 Å². The quantitative estimate of drug-likeness (QED) is 0.592. The molecule has 0 aliphatic carbocycles. The Bertz CT molecular complexity index is 963. The van der Waals surface area contributed by atoms with Crippen molar-refractivity contribution in [1.29, 1.82) is 0 Å². The number of nitrogens with zero attached hydrogens (tertiary/aromatic N) is 1. The van der Waals surface area contributed by atoms with Crippen molar-refractivity contribution in [2.75, 3.05) is 19.6 Å². The number of alkyl halides is 9. The van der Waals surface area contributed by atoms with Crippen LogP contribution >= 0.6 is 0 Å². The number of rotatable bonds is 3. The van der Waals surface area contributed by atoms with Crippen molar-refractivity contribution < 1.29 is 44.3 Å². The van der Waals surface area contributed by atoms with E-state index in [2.05, 4.69) is 5.32 Å². The van der Waals surface area contributed by atoms with Gasteiger partial charge in [-0.25, -0.2) is 0 Å². The Kier molecular flexibility index (Phi) is 6.69. The molecule has 1 saturated heterocycles. The smallest absolute Gasteiger partial charge is 0.333 e. The van der Waals surface area contributed by atoms with Gasteiger partial charge < -0.3 is 10.2 Å². The number of amides is 1. The van der Waals surface area contributed by atoms with Gasteiger partial charge in [-0.1, -0.05) is 12.1 Å². The summed E-state index contributed by atoms with van der Waals surface area (Å²) in [5, 5.41) is 2.96. The third-order valence-corrected chi connectivity index (χ3v) is 5.20. The fourth-order valence-corrected chi connectivity index (χ4v) is 3.56. The first-order chi connectivity index (χ1) is 15.2. The number of piperazine rings is 1. The molecule has 0 saturated carbocycles. The first-order valence-corrected chi connectivity index (χ1v) is 9.63. The summed E-state index contributed by atoms with van der Waals surface area (Å²) >= 11 is 0. The fourth-order valence-electron chi connectivity index (χ4n) is 3.56. The fraction of sp³-hybridized carbons (Fsp3) is 0.381. The summed E-state index contributed by atoms with van der Waals surface area (Å²) in [5.74, 6) is -1.02. The monoisotopic (exact) mass is 484 g/mol. The van der Waals surface area contributed by atoms with E-state index in [-0.39, 0.29) is 32.1 Å². The van der Waals surface area contributed by atoms with Gasteiger partial charge >= 0.3 is 18.5 Å². The topological polar surface area (TPSA) is 32.3 Å². The Morgan fingerprint density at radius 3 is 1.82 bits per heavy atom. The van der Waals surface area contributed by atoms with Gasteiger partial charge in [0.05, 0.1) is 16.7 Å². The maximum atomic E-state index is 13.1. The van der Waals surface area contributed by atoms with Gasteiger partial charge in [-0.3, -0.25) is 4.79 Å². The molecule has 2 aromatic carbocycles. The molecule has 1 N–H and O–H groups in total. The average molecular weight is 484 g/mol. The van der Waals surface area contributed by atoms with E-state index in [1.54, 1.807) is 0 Å². The summed E-state index contributed by atoms with van der Waals surface area (Å²) in [6, 6.07) is 4.14. The van der Waals surface area contributed by atoms with Crippen LogP contribution in [0.15, 0.2) is 42.5 Å². The van der Waals surface area contributed by atoms with Gasteiger partial charge in [0, 0.05) is 31.2 Å². The van der Waals surface area contributed by atoms with Crippen molar-refractivity contribution >= 4 is 5.91 Å². The minimum absolute atomic E-state index is 0.00172. The lowest BCUT2D eigenvalue weighted by Crippen LogP contribution is -2.54. The number of nitrogens with one attached hydrogen (secondary N) is 1. The Morgan fingerprint density at radius 1 is 0.818 bits per heavy atom. The largest absolute Gasteiger partial charge is 0.416 e. The highest BCUT2D eigenvalue weighted by Crippen LogP contribution is 2.37. The van der Waals surface area contributed by atoms with E-state index in [1.165, 1.54) is 12.1 Å². The van der Waals surface area contributed by atoms with Crippen LogP contribution in [0.4, 0.5) is 39.5 Å². The first-order valence-electron chi connectivity index (χ1n) is 9.63. The van der Waals surface area contributed by atoms with Crippen molar-refractivity contribution in [3.63, 3.8) is 0 Å². The average Bonchev–Trinajstić information content (AvgIpc) is 2.72. The molecule has 33 heavy (non-hydrogen) atoms. The maximum Gasteiger partial charge on any atom is 0.416 e. The zero-order valence-electron chi connectivity index (χ0n) is 16.7. The molecule has 1 fully saturated rings. The predicted molar refractivity (Wildman–Crippen MR) is 99.3 cm³/mol. The molecule has 180 valence electrons. The Morgan fingerprint density at radius 2 is 1.33 bits per heavy atom. The molecule has 1 heterocycles. The molecule has 1 aliphatic rings. The molecule has 0 spiro atoms. The molecule has 12 heteroatoms. The number of carbonyl (C=O) groups is 1. The van der Waals surface area contributed by atoms with Crippen molar-refractivity contribution in [3.8, 4) is 0 Å². The van der Waals surface area contributed by atoms with Crippen LogP contribution in [-0.2, 0) is 24.9 Å². The van der Waals surface area contributed by atoms with Gasteiger partial charge in [0.1, 0.15) is 0 Å². The Balaban J connectivity index is 1.90. The summed E-state index contributed by atoms with van der Waals surface area (Å²) in [6.07, 6.45) is -14.7. The van der Waals surface area contributed by atoms with Crippen LogP contribution in [0.25, 0.3) is 0 Å². The van der Waals surface area contributed by atoms with Crippen LogP contribution in [0.2, 0.25) is 0 Å². The number of hydrogen-bond acceptors (Lipinski definition) is 2. The third kappa shape index (κ3) is 5.98. The van der Waals surface area contributed by atoms with E-state index < -0.39 is 52.7 Å². The number of carbonyl (C=O) groups excluding carboxylic acids is 1. The normalized spacial score (nSPS) is 17.8. The van der Waals surface area contributed by atoms with Crippen molar-refractivity contribution in [3.05, 3.63) is 70.3 Å². The summed E-state index contributed by atoms with van der Waals surface area (Å²) in [4.78, 5) is 14.1. The van der Waals surface area contributed by atoms with E-state index >= 15 is 0 Å². The molecule has 3 rings (SSSR count). The molecule has 1 aliphatic heterocycles. The number of hydrogen-bond donors (Lipinski definition) is 1. The van der Waals surface area contributed by atoms with E-state index in [9.17, 15) is 44.3 Å². The second-order valence-electron chi connectivity index (χ2n) is 7.55. The lowest BCUT2D eigenvalue weighted by molar-refractivity contribution is -0.143. The Hall–Kier alpha value is -2.76. The van der Waals surface area contributed by atoms with E-state index in [0.29, 0.717) is 17.7 Å². The molecule has 1 amide bonds. The molecular formula is C21H17F9N2O. The summed E-state index contributed by atoms with van der Waals surface area (Å²) in [6.45, 7) is 0.417. The van der Waals surface area contributed by atoms with Gasteiger partial charge in [0.25, 0.3) is 5.91 Å². The van der Waals surface area contributed by atoms with E-state index in [0.717, 1.165) is 17.0 Å². The zero-order chi connectivity index (χ0) is 24.6. The van der Waals surface area contributed by atoms with Crippen molar-refractivity contribution in [1.82, 2.24) is 10.2 Å². The van der Waals surface area contributed by atoms with Gasteiger partial charge in [-0.15, -0.1) is 0 Å². The van der Waals surface area contributed by atoms with Crippen LogP contribution in [0.1, 0.15) is 32.6 Å². The zero-order valence-corrected chi connectivity index (χ0v) is 16.7. The highest BCUT2D eigenvalue weighted by atomic mass is 19.4. The van der Waals surface area contributed by atoms with E-state index in [1.807, 2.05) is 0 Å². The van der Waals surface area contributed by atoms with Gasteiger partial charge in [0.15, 0.2) is 0 Å². The van der Waals surface area contributed by atoms with Gasteiger partial charge in [-0.05, 0) is 42.3 Å². The van der Waals surface area contributed by atoms with E-state index in [4.69, 9.17) is 0 Å². The second kappa shape index (κ2) is 8.88. The van der Waals surface area contributed by atoms with Gasteiger partial charge in [-0.2, -0.15) is 39.5 Å². The van der Waals surface area contributed by atoms with Crippen molar-refractivity contribution in [2.24, 2.45) is 0 Å². The molecule has 2 aromatic rings. The molecule has 0 aromatic heterocycles. The molecule has 0 unspecified atom stereocenters. The predicted octanol–water partition coefficient (Wildman–Crippen LogP) is 5.40. The summed E-state index contributed by atoms with van der Waals surface area (Å²) < 4.78 is 117. The van der Waals surface area contributed by atoms with Crippen LogP contribution in [-0.4, -0.2) is 36.5 Å². The Labute approximate surface area is 182 Å². The lowest BCUT2D eigenvalue weighted by atomic mass is 9.99. The van der Waals surface area contributed by atoms with Crippen LogP contribution in [0.5, 0.6) is 0 Å². The molecule has 0 radical (unpaired) electrons. The molecular weight excluding hydrogens is 467 g/mol. The number of benzene rings is 2. The SMILES string of the molecule is O=C(c1cc(C(F)(F)F)cc(C(F)(F)F)c1)N1CCNC[C@H]1Cc1ccc(C(F)(F)F)cc1. The van der Waals surface area contributed by atoms with Crippen LogP contribution in [0, 0.1) is 0 Å². The minimum Gasteiger partial charge on any atom is -0.333 e. The number of halogens is 9. The first kappa shape index (κ1) is 24.9. The second-order valence-corrected chi connectivity index (χ2v) is 7.55. The minimum atomic E-state index is -5.10. The van der Waals surface area contributed by atoms with Crippen molar-refractivity contribution in [2.45, 2.75) is 31.0 Å². The van der Waals surface area contributed by atoms with Gasteiger partial charge in [0.2, 0.25) is 0 Å². The third-order valence-electron chi connectivity index (χ3n) is 5.20. The summed E-state index contributed by atoms with van der Waals surface area (Å²) in [5.41, 5.74) is -4.42. The molecule has 1 atom stereocenters. The summed E-state index contributed by atoms with van der Waals surface area (Å²) in [7, 11) is 0. The molecule has 3 nitrogen and oxygen atoms in total. The highest BCUT2D eigenvalue weighted by molar-refractivity contribution is 5.95. The highest BCUT2D eigenvalue weighted by Gasteiger charge is 2.38. The maximum absolute atomic E-state index is 13.1. The van der Waals surface area contributed by atoms with Crippen LogP contribution < -0.4 is 5.32 Å². The standard InChI is InChI=1S/C21H17F9N2O/c22-19(23,24)14-3-1-12(2-4-14)7-17-11-31-5-6-32(17)18(33)13-8-15(20(25,26)27)10-16(9-13)21(28,29)30/h1-4,8-10,17,31H,5-7,11H2/t17-/m1/s1. The lowest BCUT2D eigenvalue weighted by Gasteiger charge is -2.36. The molecule has 0 bridgehead atoms.